The van der Waals surface area contributed by atoms with Crippen LogP contribution in [0.2, 0.25) is 0 Å². The number of thiazole rings is 1. The van der Waals surface area contributed by atoms with E-state index in [0.717, 1.165) is 12.8 Å². The summed E-state index contributed by atoms with van der Waals surface area (Å²) in [6, 6.07) is 0. The van der Waals surface area contributed by atoms with Gasteiger partial charge in [-0.1, -0.05) is 25.2 Å². The van der Waals surface area contributed by atoms with Crippen LogP contribution in [0, 0.1) is 10.1 Å². The predicted octanol–water partition coefficient (Wildman–Crippen LogP) is 3.29. The minimum Gasteiger partial charge on any atom is -0.358 e. The highest BCUT2D eigenvalue weighted by molar-refractivity contribution is 7.15. The van der Waals surface area contributed by atoms with Crippen LogP contribution in [0.15, 0.2) is 11.6 Å². The van der Waals surface area contributed by atoms with Crippen LogP contribution in [0.25, 0.3) is 4.96 Å². The van der Waals surface area contributed by atoms with E-state index in [4.69, 9.17) is 0 Å². The van der Waals surface area contributed by atoms with Crippen LogP contribution in [0.3, 0.4) is 0 Å². The number of hydrogen-bond donors (Lipinski definition) is 1. The molecule has 0 radical (unpaired) electrons. The van der Waals surface area contributed by atoms with E-state index in [-0.39, 0.29) is 16.3 Å². The first kappa shape index (κ1) is 12.8. The minimum atomic E-state index is -0.388. The van der Waals surface area contributed by atoms with Crippen molar-refractivity contribution >= 4 is 27.9 Å². The van der Waals surface area contributed by atoms with Gasteiger partial charge in [-0.2, -0.15) is 9.38 Å². The van der Waals surface area contributed by atoms with E-state index in [1.165, 1.54) is 15.7 Å². The minimum absolute atomic E-state index is 0.0133. The van der Waals surface area contributed by atoms with Gasteiger partial charge in [0.2, 0.25) is 5.82 Å². The molecule has 98 valence electrons. The Bertz CT molecular complexity index is 571. The Hall–Kier alpha value is -1.63. The summed E-state index contributed by atoms with van der Waals surface area (Å²) in [5.41, 5.74) is -0.172. The average molecular weight is 268 g/mol. The molecule has 0 aliphatic rings. The maximum Gasteiger partial charge on any atom is 0.372 e. The Balaban J connectivity index is 2.47. The van der Waals surface area contributed by atoms with Crippen LogP contribution in [0.5, 0.6) is 0 Å². The van der Waals surface area contributed by atoms with Crippen molar-refractivity contribution in [2.75, 3.05) is 5.32 Å². The third-order valence-electron chi connectivity index (χ3n) is 3.39. The van der Waals surface area contributed by atoms with Crippen LogP contribution >= 0.6 is 11.3 Å². The van der Waals surface area contributed by atoms with Crippen molar-refractivity contribution in [3.05, 3.63) is 21.7 Å². The Labute approximate surface area is 109 Å². The van der Waals surface area contributed by atoms with Gasteiger partial charge in [-0.05, 0) is 24.7 Å². The number of aromatic nitrogens is 2. The summed E-state index contributed by atoms with van der Waals surface area (Å²) < 4.78 is 1.51. The summed E-state index contributed by atoms with van der Waals surface area (Å²) in [7, 11) is 0. The smallest absolute Gasteiger partial charge is 0.358 e. The summed E-state index contributed by atoms with van der Waals surface area (Å²) in [5.74, 6) is 0.373. The molecule has 1 N–H and O–H groups in total. The predicted molar refractivity (Wildman–Crippen MR) is 72.3 cm³/mol. The number of nitrogens with one attached hydrogen (secondary N) is 1. The molecular formula is C11H16N4O2S. The van der Waals surface area contributed by atoms with Gasteiger partial charge in [-0.25, -0.2) is 0 Å². The van der Waals surface area contributed by atoms with Gasteiger partial charge in [0, 0.05) is 10.9 Å². The quantitative estimate of drug-likeness (QED) is 0.667. The Kier molecular flexibility index (Phi) is 3.25. The average Bonchev–Trinajstić information content (AvgIpc) is 2.88. The largest absolute Gasteiger partial charge is 0.372 e. The van der Waals surface area contributed by atoms with Gasteiger partial charge in [0.1, 0.15) is 6.20 Å². The van der Waals surface area contributed by atoms with E-state index in [1.807, 2.05) is 6.92 Å². The van der Waals surface area contributed by atoms with E-state index in [2.05, 4.69) is 24.1 Å². The second kappa shape index (κ2) is 4.56. The number of hydrogen-bond acceptors (Lipinski definition) is 5. The van der Waals surface area contributed by atoms with Crippen molar-refractivity contribution in [1.29, 1.82) is 0 Å². The summed E-state index contributed by atoms with van der Waals surface area (Å²) in [5, 5.41) is 16.2. The maximum absolute atomic E-state index is 11.2. The number of anilines is 1. The molecule has 0 bridgehead atoms. The van der Waals surface area contributed by atoms with Gasteiger partial charge in [-0.15, -0.1) is 0 Å². The van der Waals surface area contributed by atoms with Gasteiger partial charge < -0.3 is 15.4 Å². The lowest BCUT2D eigenvalue weighted by molar-refractivity contribution is -0.389. The molecule has 6 nitrogen and oxygen atoms in total. The number of nitro groups is 1. The fourth-order valence-corrected chi connectivity index (χ4v) is 2.45. The first-order valence-electron chi connectivity index (χ1n) is 5.89. The molecule has 2 aromatic rings. The van der Waals surface area contributed by atoms with Crippen molar-refractivity contribution < 1.29 is 4.92 Å². The fraction of sp³-hybridized carbons (Fsp3) is 0.545. The van der Waals surface area contributed by atoms with Crippen LogP contribution in [-0.2, 0) is 0 Å². The van der Waals surface area contributed by atoms with Gasteiger partial charge >= 0.3 is 5.82 Å². The molecule has 0 atom stereocenters. The lowest BCUT2D eigenvalue weighted by Gasteiger charge is -2.27. The van der Waals surface area contributed by atoms with Gasteiger partial charge in [-0.3, -0.25) is 0 Å². The third kappa shape index (κ3) is 2.05. The molecule has 2 heterocycles. The third-order valence-corrected chi connectivity index (χ3v) is 4.15. The highest BCUT2D eigenvalue weighted by Gasteiger charge is 2.29. The number of imidazole rings is 1. The summed E-state index contributed by atoms with van der Waals surface area (Å²) in [6.45, 7) is 6.16. The van der Waals surface area contributed by atoms with Gasteiger partial charge in [0.15, 0.2) is 0 Å². The van der Waals surface area contributed by atoms with E-state index >= 15 is 0 Å². The van der Waals surface area contributed by atoms with Crippen molar-refractivity contribution in [2.45, 2.75) is 39.2 Å². The molecule has 0 saturated carbocycles. The summed E-state index contributed by atoms with van der Waals surface area (Å²) >= 11 is 1.39. The zero-order chi connectivity index (χ0) is 13.3. The summed E-state index contributed by atoms with van der Waals surface area (Å²) in [4.78, 5) is 15.7. The lowest BCUT2D eigenvalue weighted by atomic mass is 9.96. The lowest BCUT2D eigenvalue weighted by Crippen LogP contribution is -2.33. The molecule has 7 heteroatoms. The monoisotopic (exact) mass is 268 g/mol. The van der Waals surface area contributed by atoms with Crippen molar-refractivity contribution in [2.24, 2.45) is 0 Å². The second-order valence-corrected chi connectivity index (χ2v) is 5.36. The van der Waals surface area contributed by atoms with Crippen molar-refractivity contribution in [1.82, 2.24) is 9.38 Å². The molecule has 0 amide bonds. The Morgan fingerprint density at radius 2 is 2.22 bits per heavy atom. The number of nitrogens with zero attached hydrogens (tertiary/aromatic N) is 3. The Morgan fingerprint density at radius 3 is 2.78 bits per heavy atom. The van der Waals surface area contributed by atoms with E-state index < -0.39 is 0 Å². The maximum atomic E-state index is 11.2. The zero-order valence-corrected chi connectivity index (χ0v) is 11.5. The molecule has 2 rings (SSSR count). The topological polar surface area (TPSA) is 72.5 Å². The molecule has 0 unspecified atom stereocenters. The molecule has 0 aliphatic heterocycles. The van der Waals surface area contributed by atoms with Crippen LogP contribution in [0.1, 0.15) is 33.6 Å². The van der Waals surface area contributed by atoms with Crippen molar-refractivity contribution in [3.63, 3.8) is 0 Å². The molecule has 18 heavy (non-hydrogen) atoms. The molecular weight excluding hydrogens is 252 g/mol. The van der Waals surface area contributed by atoms with Crippen LogP contribution in [0.4, 0.5) is 11.6 Å². The number of rotatable bonds is 5. The molecule has 0 fully saturated rings. The first-order valence-corrected chi connectivity index (χ1v) is 6.77. The first-order chi connectivity index (χ1) is 8.50. The molecule has 0 aliphatic carbocycles. The molecule has 0 spiro atoms. The molecule has 0 aromatic carbocycles. The highest BCUT2D eigenvalue weighted by atomic mass is 32.1. The Morgan fingerprint density at radius 1 is 1.56 bits per heavy atom. The number of fused-ring (bicyclic) bond motifs is 1. The molecule has 2 aromatic heterocycles. The second-order valence-electron chi connectivity index (χ2n) is 4.49. The SMILES string of the molecule is CCC(C)(CC)Nc1nc2sccn2c1[N+](=O)[O-]. The van der Waals surface area contributed by atoms with Crippen LogP contribution < -0.4 is 5.32 Å². The van der Waals surface area contributed by atoms with E-state index in [0.29, 0.717) is 10.8 Å². The van der Waals surface area contributed by atoms with E-state index in [9.17, 15) is 10.1 Å². The summed E-state index contributed by atoms with van der Waals surface area (Å²) in [6.07, 6.45) is 3.43. The standard InChI is InChI=1S/C11H16N4O2S/c1-4-11(3,5-2)13-8-9(15(16)17)14-6-7-18-10(14)12-8/h6-7,13H,4-5H2,1-3H3. The molecule has 0 saturated heterocycles. The van der Waals surface area contributed by atoms with Gasteiger partial charge in [0.25, 0.3) is 4.96 Å². The highest BCUT2D eigenvalue weighted by Crippen LogP contribution is 2.31. The van der Waals surface area contributed by atoms with Gasteiger partial charge in [0.05, 0.1) is 0 Å². The zero-order valence-electron chi connectivity index (χ0n) is 10.6. The van der Waals surface area contributed by atoms with E-state index in [1.54, 1.807) is 11.6 Å². The van der Waals surface area contributed by atoms with Crippen molar-refractivity contribution in [3.8, 4) is 0 Å². The fourth-order valence-electron chi connectivity index (χ4n) is 1.74. The van der Waals surface area contributed by atoms with Crippen LogP contribution in [-0.4, -0.2) is 19.8 Å². The normalized spacial score (nSPS) is 11.9.